The standard InChI is InChI=1S/C19H21F2N3O/c1-12-14(9-22)8-17(16(10-23-11-25)19(21)6-7-19)24-18(12)13-2-4-15(20)5-3-13/h2-5,8,11,16H,6-7,9-10,22H2,1H3,(H,23,25). The fourth-order valence-electron chi connectivity index (χ4n) is 3.15. The van der Waals surface area contributed by atoms with Gasteiger partial charge in [-0.15, -0.1) is 0 Å². The van der Waals surface area contributed by atoms with Crippen molar-refractivity contribution in [2.45, 2.75) is 37.9 Å². The Kier molecular flexibility index (Phi) is 4.81. The second kappa shape index (κ2) is 6.88. The highest BCUT2D eigenvalue weighted by Crippen LogP contribution is 2.50. The second-order valence-electron chi connectivity index (χ2n) is 6.50. The van der Waals surface area contributed by atoms with E-state index >= 15 is 0 Å². The van der Waals surface area contributed by atoms with E-state index in [-0.39, 0.29) is 12.4 Å². The van der Waals surface area contributed by atoms with Gasteiger partial charge in [0.2, 0.25) is 6.41 Å². The van der Waals surface area contributed by atoms with Crippen LogP contribution in [0.1, 0.15) is 35.6 Å². The van der Waals surface area contributed by atoms with Crippen LogP contribution in [-0.4, -0.2) is 23.6 Å². The molecule has 1 aliphatic rings. The van der Waals surface area contributed by atoms with Gasteiger partial charge in [-0.2, -0.15) is 0 Å². The van der Waals surface area contributed by atoms with Gasteiger partial charge in [0, 0.05) is 24.3 Å². The number of hydrogen-bond acceptors (Lipinski definition) is 3. The molecule has 1 amide bonds. The van der Waals surface area contributed by atoms with Crippen LogP contribution in [0.5, 0.6) is 0 Å². The number of nitrogens with one attached hydrogen (secondary N) is 1. The van der Waals surface area contributed by atoms with Crippen molar-refractivity contribution in [1.29, 1.82) is 0 Å². The molecule has 0 bridgehead atoms. The summed E-state index contributed by atoms with van der Waals surface area (Å²) < 4.78 is 28.0. The van der Waals surface area contributed by atoms with Crippen LogP contribution >= 0.6 is 0 Å². The lowest BCUT2D eigenvalue weighted by Crippen LogP contribution is -2.29. The highest BCUT2D eigenvalue weighted by Gasteiger charge is 2.51. The smallest absolute Gasteiger partial charge is 0.207 e. The molecule has 1 aromatic heterocycles. The van der Waals surface area contributed by atoms with E-state index in [0.717, 1.165) is 16.7 Å². The zero-order valence-corrected chi connectivity index (χ0v) is 14.1. The normalized spacial score (nSPS) is 16.3. The van der Waals surface area contributed by atoms with Crippen LogP contribution in [0.4, 0.5) is 8.78 Å². The summed E-state index contributed by atoms with van der Waals surface area (Å²) >= 11 is 0. The average Bonchev–Trinajstić information content (AvgIpc) is 3.35. The van der Waals surface area contributed by atoms with E-state index in [0.29, 0.717) is 37.2 Å². The van der Waals surface area contributed by atoms with Crippen LogP contribution in [-0.2, 0) is 11.3 Å². The van der Waals surface area contributed by atoms with Crippen molar-refractivity contribution in [2.24, 2.45) is 5.73 Å². The van der Waals surface area contributed by atoms with E-state index in [4.69, 9.17) is 5.73 Å². The predicted octanol–water partition coefficient (Wildman–Crippen LogP) is 2.99. The minimum Gasteiger partial charge on any atom is -0.358 e. The van der Waals surface area contributed by atoms with Crippen LogP contribution in [0, 0.1) is 12.7 Å². The van der Waals surface area contributed by atoms with Gasteiger partial charge < -0.3 is 11.1 Å². The Morgan fingerprint density at radius 3 is 2.60 bits per heavy atom. The van der Waals surface area contributed by atoms with Crippen molar-refractivity contribution in [2.75, 3.05) is 6.54 Å². The lowest BCUT2D eigenvalue weighted by molar-refractivity contribution is -0.109. The Bertz CT molecular complexity index is 773. The molecule has 0 radical (unpaired) electrons. The van der Waals surface area contributed by atoms with Crippen LogP contribution in [0.3, 0.4) is 0 Å². The van der Waals surface area contributed by atoms with Gasteiger partial charge in [-0.25, -0.2) is 8.78 Å². The molecule has 3 N–H and O–H groups in total. The predicted molar refractivity (Wildman–Crippen MR) is 92.1 cm³/mol. The Balaban J connectivity index is 2.08. The maximum Gasteiger partial charge on any atom is 0.207 e. The molecule has 0 saturated heterocycles. The number of aromatic nitrogens is 1. The zero-order chi connectivity index (χ0) is 18.0. The molecule has 6 heteroatoms. The largest absolute Gasteiger partial charge is 0.358 e. The zero-order valence-electron chi connectivity index (χ0n) is 14.1. The molecule has 1 atom stereocenters. The molecule has 0 spiro atoms. The third-order valence-corrected chi connectivity index (χ3v) is 4.85. The Morgan fingerprint density at radius 2 is 2.04 bits per heavy atom. The number of carbonyl (C=O) groups is 1. The third kappa shape index (κ3) is 3.54. The lowest BCUT2D eigenvalue weighted by Gasteiger charge is -2.22. The van der Waals surface area contributed by atoms with Crippen LogP contribution in [0.25, 0.3) is 11.3 Å². The van der Waals surface area contributed by atoms with Crippen molar-refractivity contribution in [3.63, 3.8) is 0 Å². The monoisotopic (exact) mass is 345 g/mol. The minimum absolute atomic E-state index is 0.183. The van der Waals surface area contributed by atoms with E-state index in [2.05, 4.69) is 10.3 Å². The molecule has 1 aliphatic carbocycles. The van der Waals surface area contributed by atoms with Crippen molar-refractivity contribution < 1.29 is 13.6 Å². The SMILES string of the molecule is Cc1c(CN)cc(C(CNC=O)C2(F)CC2)nc1-c1ccc(F)cc1. The van der Waals surface area contributed by atoms with E-state index in [9.17, 15) is 13.6 Å². The van der Waals surface area contributed by atoms with Crippen molar-refractivity contribution in [3.8, 4) is 11.3 Å². The van der Waals surface area contributed by atoms with Gasteiger partial charge in [0.25, 0.3) is 0 Å². The Hall–Kier alpha value is -2.34. The van der Waals surface area contributed by atoms with Crippen molar-refractivity contribution >= 4 is 6.41 Å². The quantitative estimate of drug-likeness (QED) is 0.758. The number of nitrogens with two attached hydrogens (primary N) is 1. The van der Waals surface area contributed by atoms with Crippen LogP contribution < -0.4 is 11.1 Å². The minimum atomic E-state index is -1.34. The fourth-order valence-corrected chi connectivity index (χ4v) is 3.15. The number of alkyl halides is 1. The Morgan fingerprint density at radius 1 is 1.36 bits per heavy atom. The first-order chi connectivity index (χ1) is 12.0. The number of rotatable bonds is 7. The first-order valence-corrected chi connectivity index (χ1v) is 8.31. The summed E-state index contributed by atoms with van der Waals surface area (Å²) in [5, 5.41) is 2.57. The number of pyridine rings is 1. The third-order valence-electron chi connectivity index (χ3n) is 4.85. The topological polar surface area (TPSA) is 68.0 Å². The summed E-state index contributed by atoms with van der Waals surface area (Å²) in [4.78, 5) is 15.3. The molecule has 4 nitrogen and oxygen atoms in total. The maximum absolute atomic E-state index is 14.8. The summed E-state index contributed by atoms with van der Waals surface area (Å²) in [7, 11) is 0. The van der Waals surface area contributed by atoms with Gasteiger partial charge in [0.1, 0.15) is 11.5 Å². The van der Waals surface area contributed by atoms with Crippen molar-refractivity contribution in [1.82, 2.24) is 10.3 Å². The molecule has 1 heterocycles. The molecule has 1 saturated carbocycles. The molecule has 3 rings (SSSR count). The van der Waals surface area contributed by atoms with E-state index < -0.39 is 11.6 Å². The second-order valence-corrected chi connectivity index (χ2v) is 6.50. The van der Waals surface area contributed by atoms with Crippen LogP contribution in [0.15, 0.2) is 30.3 Å². The van der Waals surface area contributed by atoms with E-state index in [1.165, 1.54) is 12.1 Å². The van der Waals surface area contributed by atoms with Gasteiger partial charge in [0.15, 0.2) is 0 Å². The maximum atomic E-state index is 14.8. The highest BCUT2D eigenvalue weighted by molar-refractivity contribution is 5.65. The fraction of sp³-hybridized carbons (Fsp3) is 0.368. The molecule has 2 aromatic rings. The van der Waals surface area contributed by atoms with Crippen molar-refractivity contribution in [3.05, 3.63) is 53.0 Å². The number of halogens is 2. The summed E-state index contributed by atoms with van der Waals surface area (Å²) in [6.07, 6.45) is 1.48. The number of hydrogen-bond donors (Lipinski definition) is 2. The lowest BCUT2D eigenvalue weighted by atomic mass is 9.92. The summed E-state index contributed by atoms with van der Waals surface area (Å²) in [5.41, 5.74) is 8.26. The molecule has 25 heavy (non-hydrogen) atoms. The molecule has 0 aliphatic heterocycles. The van der Waals surface area contributed by atoms with E-state index in [1.54, 1.807) is 12.1 Å². The Labute approximate surface area is 145 Å². The van der Waals surface area contributed by atoms with Gasteiger partial charge in [-0.05, 0) is 61.2 Å². The van der Waals surface area contributed by atoms with E-state index in [1.807, 2.05) is 13.0 Å². The molecule has 132 valence electrons. The first kappa shape index (κ1) is 17.5. The van der Waals surface area contributed by atoms with Gasteiger partial charge in [-0.1, -0.05) is 0 Å². The van der Waals surface area contributed by atoms with Gasteiger partial charge in [0.05, 0.1) is 11.6 Å². The molecule has 1 aromatic carbocycles. The number of benzene rings is 1. The van der Waals surface area contributed by atoms with Crippen LogP contribution in [0.2, 0.25) is 0 Å². The molecular weight excluding hydrogens is 324 g/mol. The molecular formula is C19H21F2N3O. The number of carbonyl (C=O) groups excluding carboxylic acids is 1. The molecule has 1 unspecified atom stereocenters. The summed E-state index contributed by atoms with van der Waals surface area (Å²) in [6, 6.07) is 7.85. The van der Waals surface area contributed by atoms with Gasteiger partial charge >= 0.3 is 0 Å². The summed E-state index contributed by atoms with van der Waals surface area (Å²) in [5.74, 6) is -0.854. The van der Waals surface area contributed by atoms with Gasteiger partial charge in [-0.3, -0.25) is 9.78 Å². The number of nitrogens with zero attached hydrogens (tertiary/aromatic N) is 1. The molecule has 1 fully saturated rings. The summed E-state index contributed by atoms with van der Waals surface area (Å²) in [6.45, 7) is 2.38. The highest BCUT2D eigenvalue weighted by atomic mass is 19.1. The first-order valence-electron chi connectivity index (χ1n) is 8.31. The number of amides is 1. The average molecular weight is 345 g/mol.